The van der Waals surface area contributed by atoms with Gasteiger partial charge in [0.1, 0.15) is 11.4 Å². The van der Waals surface area contributed by atoms with Crippen molar-refractivity contribution in [1.29, 1.82) is 0 Å². The molecule has 0 radical (unpaired) electrons. The average molecular weight is 321 g/mol. The number of aliphatic hydroxyl groups is 1. The number of fused-ring (bicyclic) bond motifs is 1. The highest BCUT2D eigenvalue weighted by molar-refractivity contribution is 9.10. The van der Waals surface area contributed by atoms with Crippen LogP contribution in [0.3, 0.4) is 0 Å². The molecule has 3 heteroatoms. The summed E-state index contributed by atoms with van der Waals surface area (Å²) in [4.78, 5) is 0. The highest BCUT2D eigenvalue weighted by atomic mass is 79.9. The van der Waals surface area contributed by atoms with Gasteiger partial charge in [-0.2, -0.15) is 0 Å². The summed E-state index contributed by atoms with van der Waals surface area (Å²) in [6, 6.07) is 10.7. The van der Waals surface area contributed by atoms with Crippen molar-refractivity contribution in [3.05, 3.63) is 68.9 Å². The standard InChI is InChI=1S/C16H14BrFO/c1-10-2-3-11-6-7-16(19,13(11)8-10)14-9-12(17)4-5-15(14)18/h2-5,8-9,19H,6-7H2,1H3. The third kappa shape index (κ3) is 2.01. The Morgan fingerprint density at radius 1 is 1.16 bits per heavy atom. The molecule has 19 heavy (non-hydrogen) atoms. The van der Waals surface area contributed by atoms with Crippen molar-refractivity contribution in [2.24, 2.45) is 0 Å². The molecule has 1 aliphatic carbocycles. The van der Waals surface area contributed by atoms with Crippen LogP contribution in [0.15, 0.2) is 40.9 Å². The zero-order valence-electron chi connectivity index (χ0n) is 10.6. The minimum absolute atomic E-state index is 0.353. The Morgan fingerprint density at radius 3 is 2.74 bits per heavy atom. The Labute approximate surface area is 120 Å². The largest absolute Gasteiger partial charge is 0.380 e. The van der Waals surface area contributed by atoms with E-state index < -0.39 is 5.60 Å². The molecule has 0 aromatic heterocycles. The van der Waals surface area contributed by atoms with Crippen LogP contribution >= 0.6 is 15.9 Å². The summed E-state index contributed by atoms with van der Waals surface area (Å²) in [6.07, 6.45) is 1.30. The summed E-state index contributed by atoms with van der Waals surface area (Å²) in [5, 5.41) is 11.0. The fourth-order valence-corrected chi connectivity index (χ4v) is 3.20. The van der Waals surface area contributed by atoms with E-state index in [-0.39, 0.29) is 5.82 Å². The van der Waals surface area contributed by atoms with Crippen molar-refractivity contribution >= 4 is 15.9 Å². The van der Waals surface area contributed by atoms with Gasteiger partial charge in [0, 0.05) is 10.0 Å². The molecule has 3 rings (SSSR count). The van der Waals surface area contributed by atoms with E-state index in [9.17, 15) is 9.50 Å². The molecule has 0 saturated carbocycles. The molecule has 0 aliphatic heterocycles. The van der Waals surface area contributed by atoms with Crippen molar-refractivity contribution in [3.8, 4) is 0 Å². The van der Waals surface area contributed by atoms with Gasteiger partial charge in [-0.25, -0.2) is 4.39 Å². The summed E-state index contributed by atoms with van der Waals surface area (Å²) in [5.41, 5.74) is 2.16. The predicted octanol–water partition coefficient (Wildman–Crippen LogP) is 4.08. The Hall–Kier alpha value is -1.19. The van der Waals surface area contributed by atoms with Crippen molar-refractivity contribution in [2.45, 2.75) is 25.4 Å². The lowest BCUT2D eigenvalue weighted by molar-refractivity contribution is 0.0788. The van der Waals surface area contributed by atoms with E-state index in [1.54, 1.807) is 12.1 Å². The summed E-state index contributed by atoms with van der Waals surface area (Å²) < 4.78 is 14.9. The normalized spacial score (nSPS) is 21.5. The zero-order chi connectivity index (χ0) is 13.6. The lowest BCUT2D eigenvalue weighted by Crippen LogP contribution is -2.25. The van der Waals surface area contributed by atoms with Gasteiger partial charge in [-0.3, -0.25) is 0 Å². The third-order valence-corrected chi connectivity index (χ3v) is 4.33. The van der Waals surface area contributed by atoms with Gasteiger partial charge in [-0.1, -0.05) is 39.7 Å². The number of hydrogen-bond acceptors (Lipinski definition) is 1. The van der Waals surface area contributed by atoms with E-state index in [1.807, 2.05) is 25.1 Å². The lowest BCUT2D eigenvalue weighted by Gasteiger charge is -2.25. The van der Waals surface area contributed by atoms with Crippen molar-refractivity contribution in [1.82, 2.24) is 0 Å². The van der Waals surface area contributed by atoms with Gasteiger partial charge in [0.15, 0.2) is 0 Å². The van der Waals surface area contributed by atoms with E-state index in [1.165, 1.54) is 6.07 Å². The van der Waals surface area contributed by atoms with Gasteiger partial charge in [-0.15, -0.1) is 0 Å². The quantitative estimate of drug-likeness (QED) is 0.839. The van der Waals surface area contributed by atoms with Gasteiger partial charge in [-0.05, 0) is 49.1 Å². The monoisotopic (exact) mass is 320 g/mol. The predicted molar refractivity (Wildman–Crippen MR) is 76.6 cm³/mol. The van der Waals surface area contributed by atoms with Crippen LogP contribution in [0.5, 0.6) is 0 Å². The Morgan fingerprint density at radius 2 is 1.95 bits per heavy atom. The van der Waals surface area contributed by atoms with E-state index >= 15 is 0 Å². The van der Waals surface area contributed by atoms with Gasteiger partial charge in [0.2, 0.25) is 0 Å². The first-order chi connectivity index (χ1) is 9.00. The molecule has 98 valence electrons. The molecule has 0 saturated heterocycles. The molecule has 2 aromatic rings. The first kappa shape index (κ1) is 12.8. The third-order valence-electron chi connectivity index (χ3n) is 3.84. The Bertz CT molecular complexity index is 653. The molecule has 0 bridgehead atoms. The second-order valence-corrected chi connectivity index (χ2v) is 6.06. The van der Waals surface area contributed by atoms with Crippen molar-refractivity contribution in [2.75, 3.05) is 0 Å². The average Bonchev–Trinajstić information content (AvgIpc) is 2.71. The van der Waals surface area contributed by atoms with Crippen LogP contribution in [0.4, 0.5) is 4.39 Å². The van der Waals surface area contributed by atoms with Crippen LogP contribution in [-0.2, 0) is 12.0 Å². The van der Waals surface area contributed by atoms with Crippen LogP contribution in [0.1, 0.15) is 28.7 Å². The van der Waals surface area contributed by atoms with Gasteiger partial charge in [0.25, 0.3) is 0 Å². The highest BCUT2D eigenvalue weighted by Crippen LogP contribution is 2.43. The fourth-order valence-electron chi connectivity index (χ4n) is 2.84. The fraction of sp³-hybridized carbons (Fsp3) is 0.250. The zero-order valence-corrected chi connectivity index (χ0v) is 12.2. The molecule has 1 unspecified atom stereocenters. The molecule has 1 atom stereocenters. The van der Waals surface area contributed by atoms with E-state index in [4.69, 9.17) is 0 Å². The van der Waals surface area contributed by atoms with Crippen molar-refractivity contribution < 1.29 is 9.50 Å². The SMILES string of the molecule is Cc1ccc2c(c1)C(O)(c1cc(Br)ccc1F)CC2. The summed E-state index contributed by atoms with van der Waals surface area (Å²) >= 11 is 3.34. The maximum atomic E-state index is 14.1. The maximum absolute atomic E-state index is 14.1. The minimum Gasteiger partial charge on any atom is -0.380 e. The summed E-state index contributed by atoms with van der Waals surface area (Å²) in [5.74, 6) is -0.361. The van der Waals surface area contributed by atoms with Crippen LogP contribution in [0, 0.1) is 12.7 Å². The molecule has 0 heterocycles. The highest BCUT2D eigenvalue weighted by Gasteiger charge is 2.40. The second kappa shape index (κ2) is 4.43. The lowest BCUT2D eigenvalue weighted by atomic mass is 9.87. The molecule has 2 aromatic carbocycles. The van der Waals surface area contributed by atoms with Crippen LogP contribution < -0.4 is 0 Å². The van der Waals surface area contributed by atoms with Crippen LogP contribution in [0.2, 0.25) is 0 Å². The molecule has 0 amide bonds. The van der Waals surface area contributed by atoms with Crippen molar-refractivity contribution in [3.63, 3.8) is 0 Å². The molecule has 0 fully saturated rings. The minimum atomic E-state index is -1.21. The first-order valence-corrected chi connectivity index (χ1v) is 7.08. The molecule has 1 nitrogen and oxygen atoms in total. The van der Waals surface area contributed by atoms with Gasteiger partial charge >= 0.3 is 0 Å². The first-order valence-electron chi connectivity index (χ1n) is 6.28. The molecule has 1 aliphatic rings. The number of benzene rings is 2. The smallest absolute Gasteiger partial charge is 0.129 e. The van der Waals surface area contributed by atoms with Crippen LogP contribution in [-0.4, -0.2) is 5.11 Å². The topological polar surface area (TPSA) is 20.2 Å². The Balaban J connectivity index is 2.21. The van der Waals surface area contributed by atoms with Gasteiger partial charge in [0.05, 0.1) is 0 Å². The molecule has 1 N–H and O–H groups in total. The molecule has 0 spiro atoms. The van der Waals surface area contributed by atoms with Crippen LogP contribution in [0.25, 0.3) is 0 Å². The van der Waals surface area contributed by atoms with E-state index in [0.717, 1.165) is 27.6 Å². The molecular weight excluding hydrogens is 307 g/mol. The maximum Gasteiger partial charge on any atom is 0.129 e. The number of aryl methyl sites for hydroxylation is 2. The van der Waals surface area contributed by atoms with Gasteiger partial charge < -0.3 is 5.11 Å². The summed E-state index contributed by atoms with van der Waals surface area (Å²) in [6.45, 7) is 1.98. The van der Waals surface area contributed by atoms with E-state index in [2.05, 4.69) is 15.9 Å². The second-order valence-electron chi connectivity index (χ2n) is 5.15. The number of halogens is 2. The molecular formula is C16H14BrFO. The number of rotatable bonds is 1. The Kier molecular flexibility index (Phi) is 2.99. The summed E-state index contributed by atoms with van der Waals surface area (Å²) in [7, 11) is 0. The number of hydrogen-bond donors (Lipinski definition) is 1. The van der Waals surface area contributed by atoms with E-state index in [0.29, 0.717) is 12.0 Å².